The van der Waals surface area contributed by atoms with E-state index in [0.717, 1.165) is 17.1 Å². The zero-order valence-electron chi connectivity index (χ0n) is 27.3. The van der Waals surface area contributed by atoms with E-state index in [4.69, 9.17) is 0 Å². The molecule has 50 heavy (non-hydrogen) atoms. The Hall–Kier alpha value is -6.22. The summed E-state index contributed by atoms with van der Waals surface area (Å²) in [5, 5.41) is 10.4. The first kappa shape index (κ1) is 28.8. The summed E-state index contributed by atoms with van der Waals surface area (Å²) in [6.07, 6.45) is 0. The molecular weight excluding hydrogens is 623 g/mol. The van der Waals surface area contributed by atoms with Crippen molar-refractivity contribution in [3.8, 4) is 22.3 Å². The van der Waals surface area contributed by atoms with Gasteiger partial charge in [0.15, 0.2) is 0 Å². The van der Waals surface area contributed by atoms with Crippen LogP contribution in [0.5, 0.6) is 0 Å². The maximum Gasteiger partial charge on any atom is 0.0540 e. The minimum atomic E-state index is 1.12. The van der Waals surface area contributed by atoms with Gasteiger partial charge >= 0.3 is 0 Å². The standard InChI is InChI=1S/C48H31NS/c1-3-12-32(13-4-1)40-18-7-9-20-45(40)49(38-15-5-2-6-16-38)39-17-11-14-34(29-39)35-26-27-41-36(28-35)24-22-33-23-25-37-30-47-44(31-43(37)48(33)41)42-19-8-10-21-46(42)50-47/h1-31H. The minimum absolute atomic E-state index is 1.12. The predicted octanol–water partition coefficient (Wildman–Crippen LogP) is 14.3. The van der Waals surface area contributed by atoms with Crippen LogP contribution in [-0.2, 0) is 0 Å². The molecule has 10 aromatic rings. The lowest BCUT2D eigenvalue weighted by molar-refractivity contribution is 1.28. The third-order valence-corrected chi connectivity index (χ3v) is 11.1. The number of benzene rings is 9. The molecule has 0 saturated heterocycles. The Morgan fingerprint density at radius 3 is 1.86 bits per heavy atom. The Morgan fingerprint density at radius 1 is 0.340 bits per heavy atom. The van der Waals surface area contributed by atoms with E-state index in [1.54, 1.807) is 0 Å². The summed E-state index contributed by atoms with van der Waals surface area (Å²) < 4.78 is 2.68. The van der Waals surface area contributed by atoms with Gasteiger partial charge in [0.2, 0.25) is 0 Å². The van der Waals surface area contributed by atoms with Crippen LogP contribution in [0.2, 0.25) is 0 Å². The largest absolute Gasteiger partial charge is 0.310 e. The van der Waals surface area contributed by atoms with Gasteiger partial charge in [-0.2, -0.15) is 0 Å². The quantitative estimate of drug-likeness (QED) is 0.167. The van der Waals surface area contributed by atoms with Crippen LogP contribution >= 0.6 is 11.3 Å². The molecule has 0 aliphatic rings. The number of nitrogens with zero attached hydrogens (tertiary/aromatic N) is 1. The van der Waals surface area contributed by atoms with Gasteiger partial charge in [0.1, 0.15) is 0 Å². The van der Waals surface area contributed by atoms with Gasteiger partial charge in [-0.25, -0.2) is 0 Å². The van der Waals surface area contributed by atoms with Crippen molar-refractivity contribution in [2.75, 3.05) is 4.90 Å². The van der Waals surface area contributed by atoms with Crippen molar-refractivity contribution in [1.82, 2.24) is 0 Å². The number of thiophene rings is 1. The summed E-state index contributed by atoms with van der Waals surface area (Å²) in [6.45, 7) is 0. The van der Waals surface area contributed by atoms with Crippen LogP contribution in [0.3, 0.4) is 0 Å². The SMILES string of the molecule is c1ccc(-c2ccccc2N(c2ccccc2)c2cccc(-c3ccc4c(ccc5ccc6cc7sc8ccccc8c7cc6c54)c3)c2)cc1. The lowest BCUT2D eigenvalue weighted by Gasteiger charge is -2.28. The van der Waals surface area contributed by atoms with Crippen LogP contribution in [0.1, 0.15) is 0 Å². The molecule has 10 rings (SSSR count). The number of hydrogen-bond donors (Lipinski definition) is 0. The maximum absolute atomic E-state index is 2.42. The van der Waals surface area contributed by atoms with E-state index in [1.165, 1.54) is 74.7 Å². The van der Waals surface area contributed by atoms with Gasteiger partial charge in [0, 0.05) is 37.1 Å². The fraction of sp³-hybridized carbons (Fsp3) is 0. The van der Waals surface area contributed by atoms with E-state index in [0.29, 0.717) is 0 Å². The second kappa shape index (κ2) is 11.7. The molecule has 1 nitrogen and oxygen atoms in total. The van der Waals surface area contributed by atoms with Gasteiger partial charge in [-0.1, -0.05) is 133 Å². The first-order valence-corrected chi connectivity index (χ1v) is 17.9. The number of para-hydroxylation sites is 2. The molecule has 1 aromatic heterocycles. The molecule has 0 fully saturated rings. The number of hydrogen-bond acceptors (Lipinski definition) is 2. The maximum atomic E-state index is 2.42. The van der Waals surface area contributed by atoms with Crippen molar-refractivity contribution >= 4 is 80.9 Å². The molecule has 0 amide bonds. The molecule has 0 bridgehead atoms. The molecule has 0 aliphatic heterocycles. The normalized spacial score (nSPS) is 11.6. The first-order valence-electron chi connectivity index (χ1n) is 17.1. The van der Waals surface area contributed by atoms with Crippen LogP contribution in [0, 0.1) is 0 Å². The molecule has 234 valence electrons. The summed E-state index contributed by atoms with van der Waals surface area (Å²) in [6, 6.07) is 68.6. The van der Waals surface area contributed by atoms with Crippen LogP contribution in [0.4, 0.5) is 17.1 Å². The Labute approximate surface area is 294 Å². The summed E-state index contributed by atoms with van der Waals surface area (Å²) in [7, 11) is 0. The van der Waals surface area contributed by atoms with Crippen LogP contribution < -0.4 is 4.90 Å². The van der Waals surface area contributed by atoms with Gasteiger partial charge in [-0.15, -0.1) is 11.3 Å². The first-order chi connectivity index (χ1) is 24.8. The summed E-state index contributed by atoms with van der Waals surface area (Å²) >= 11 is 1.88. The fourth-order valence-corrected chi connectivity index (χ4v) is 8.78. The Bertz CT molecular complexity index is 2870. The van der Waals surface area contributed by atoms with Crippen LogP contribution in [-0.4, -0.2) is 0 Å². The zero-order valence-corrected chi connectivity index (χ0v) is 28.1. The number of anilines is 3. The molecule has 0 spiro atoms. The fourth-order valence-electron chi connectivity index (χ4n) is 7.65. The Balaban J connectivity index is 1.12. The van der Waals surface area contributed by atoms with E-state index in [-0.39, 0.29) is 0 Å². The van der Waals surface area contributed by atoms with Crippen molar-refractivity contribution in [2.24, 2.45) is 0 Å². The highest BCUT2D eigenvalue weighted by atomic mass is 32.1. The smallest absolute Gasteiger partial charge is 0.0540 e. The molecular formula is C48H31NS. The highest BCUT2D eigenvalue weighted by molar-refractivity contribution is 7.25. The average molecular weight is 654 g/mol. The minimum Gasteiger partial charge on any atom is -0.310 e. The lowest BCUT2D eigenvalue weighted by atomic mass is 9.93. The van der Waals surface area contributed by atoms with Gasteiger partial charge < -0.3 is 4.90 Å². The highest BCUT2D eigenvalue weighted by Gasteiger charge is 2.18. The lowest BCUT2D eigenvalue weighted by Crippen LogP contribution is -2.11. The van der Waals surface area contributed by atoms with Gasteiger partial charge in [0.05, 0.1) is 5.69 Å². The van der Waals surface area contributed by atoms with Crippen molar-refractivity contribution in [3.05, 3.63) is 188 Å². The molecule has 1 heterocycles. The number of fused-ring (bicyclic) bond motifs is 8. The van der Waals surface area contributed by atoms with E-state index in [2.05, 4.69) is 193 Å². The molecule has 0 N–H and O–H groups in total. The van der Waals surface area contributed by atoms with Crippen LogP contribution in [0.25, 0.3) is 74.7 Å². The predicted molar refractivity (Wildman–Crippen MR) is 217 cm³/mol. The molecule has 0 radical (unpaired) electrons. The van der Waals surface area contributed by atoms with Crippen molar-refractivity contribution in [2.45, 2.75) is 0 Å². The third-order valence-electron chi connectivity index (χ3n) is 9.99. The van der Waals surface area contributed by atoms with Crippen molar-refractivity contribution in [3.63, 3.8) is 0 Å². The second-order valence-electron chi connectivity index (χ2n) is 12.9. The van der Waals surface area contributed by atoms with Gasteiger partial charge in [0.25, 0.3) is 0 Å². The van der Waals surface area contributed by atoms with E-state index in [1.807, 2.05) is 11.3 Å². The highest BCUT2D eigenvalue weighted by Crippen LogP contribution is 2.43. The molecule has 0 atom stereocenters. The topological polar surface area (TPSA) is 3.24 Å². The Morgan fingerprint density at radius 2 is 1.00 bits per heavy atom. The zero-order chi connectivity index (χ0) is 33.0. The average Bonchev–Trinajstić information content (AvgIpc) is 3.55. The van der Waals surface area contributed by atoms with Gasteiger partial charge in [-0.05, 0) is 104 Å². The molecule has 0 unspecified atom stereocenters. The summed E-state index contributed by atoms with van der Waals surface area (Å²) in [4.78, 5) is 2.38. The van der Waals surface area contributed by atoms with Crippen molar-refractivity contribution < 1.29 is 0 Å². The molecule has 0 saturated carbocycles. The van der Waals surface area contributed by atoms with E-state index < -0.39 is 0 Å². The van der Waals surface area contributed by atoms with Crippen LogP contribution in [0.15, 0.2) is 188 Å². The molecule has 0 aliphatic carbocycles. The van der Waals surface area contributed by atoms with Gasteiger partial charge in [-0.3, -0.25) is 0 Å². The third kappa shape index (κ3) is 4.76. The summed E-state index contributed by atoms with van der Waals surface area (Å²) in [5.74, 6) is 0. The summed E-state index contributed by atoms with van der Waals surface area (Å²) in [5.41, 5.74) is 8.17. The van der Waals surface area contributed by atoms with E-state index in [9.17, 15) is 0 Å². The number of rotatable bonds is 5. The van der Waals surface area contributed by atoms with E-state index >= 15 is 0 Å². The van der Waals surface area contributed by atoms with Crippen molar-refractivity contribution in [1.29, 1.82) is 0 Å². The monoisotopic (exact) mass is 653 g/mol. The Kier molecular flexibility index (Phi) is 6.75. The molecule has 9 aromatic carbocycles. The second-order valence-corrected chi connectivity index (χ2v) is 14.0. The molecule has 2 heteroatoms.